The van der Waals surface area contributed by atoms with Gasteiger partial charge < -0.3 is 9.88 Å². The van der Waals surface area contributed by atoms with Crippen molar-refractivity contribution in [2.75, 3.05) is 13.1 Å². The summed E-state index contributed by atoms with van der Waals surface area (Å²) >= 11 is 6.14. The van der Waals surface area contributed by atoms with E-state index in [9.17, 15) is 0 Å². The fourth-order valence-electron chi connectivity index (χ4n) is 3.16. The van der Waals surface area contributed by atoms with Crippen LogP contribution < -0.4 is 5.32 Å². The lowest BCUT2D eigenvalue weighted by molar-refractivity contribution is 0.502. The van der Waals surface area contributed by atoms with E-state index in [1.807, 2.05) is 18.2 Å². The van der Waals surface area contributed by atoms with Gasteiger partial charge in [-0.3, -0.25) is 0 Å². The predicted molar refractivity (Wildman–Crippen MR) is 84.4 cm³/mol. The number of halogens is 1. The molecule has 0 aliphatic carbocycles. The van der Waals surface area contributed by atoms with E-state index in [0.29, 0.717) is 6.04 Å². The maximum atomic E-state index is 6.14. The minimum absolute atomic E-state index is 0.412. The average molecular weight is 292 g/mol. The van der Waals surface area contributed by atoms with Gasteiger partial charge >= 0.3 is 0 Å². The highest BCUT2D eigenvalue weighted by Gasteiger charge is 2.18. The van der Waals surface area contributed by atoms with Crippen LogP contribution in [0.3, 0.4) is 0 Å². The Morgan fingerprint density at radius 1 is 1.45 bits per heavy atom. The molecule has 0 radical (unpaired) electrons. The summed E-state index contributed by atoms with van der Waals surface area (Å²) in [6.45, 7) is 6.75. The monoisotopic (exact) mass is 291 g/mol. The topological polar surface area (TPSA) is 29.9 Å². The molecule has 108 valence electrons. The Hall–Kier alpha value is -1.06. The molecule has 20 heavy (non-hydrogen) atoms. The van der Waals surface area contributed by atoms with Gasteiger partial charge in [0.25, 0.3) is 0 Å². The Bertz CT molecular complexity index is 597. The molecular weight excluding hydrogens is 270 g/mol. The van der Waals surface area contributed by atoms with Crippen molar-refractivity contribution in [3.05, 3.63) is 29.0 Å². The maximum Gasteiger partial charge on any atom is 0.110 e. The third-order valence-corrected chi connectivity index (χ3v) is 4.41. The number of nitrogens with one attached hydrogen (secondary N) is 1. The smallest absolute Gasteiger partial charge is 0.110 e. The van der Waals surface area contributed by atoms with Gasteiger partial charge in [-0.25, -0.2) is 4.98 Å². The summed E-state index contributed by atoms with van der Waals surface area (Å²) in [4.78, 5) is 4.82. The fraction of sp³-hybridized carbons (Fsp3) is 0.562. The number of benzene rings is 1. The van der Waals surface area contributed by atoms with E-state index in [1.165, 1.54) is 25.2 Å². The van der Waals surface area contributed by atoms with E-state index in [-0.39, 0.29) is 0 Å². The average Bonchev–Trinajstić information content (AvgIpc) is 3.02. The highest BCUT2D eigenvalue weighted by molar-refractivity contribution is 6.31. The maximum absolute atomic E-state index is 6.14. The van der Waals surface area contributed by atoms with E-state index >= 15 is 0 Å². The Balaban J connectivity index is 1.90. The largest absolute Gasteiger partial charge is 0.325 e. The van der Waals surface area contributed by atoms with Crippen LogP contribution in [0.2, 0.25) is 5.02 Å². The Morgan fingerprint density at radius 2 is 2.30 bits per heavy atom. The summed E-state index contributed by atoms with van der Waals surface area (Å²) < 4.78 is 2.34. The number of hydrogen-bond acceptors (Lipinski definition) is 2. The SMILES string of the molecule is CC(C)n1c(CCC2CCNC2)nc2ccc(Cl)cc21. The molecule has 0 saturated carbocycles. The Morgan fingerprint density at radius 3 is 3.00 bits per heavy atom. The van der Waals surface area contributed by atoms with Crippen molar-refractivity contribution in [2.45, 2.75) is 39.2 Å². The van der Waals surface area contributed by atoms with E-state index in [1.54, 1.807) is 0 Å². The molecule has 1 aliphatic heterocycles. The first-order valence-electron chi connectivity index (χ1n) is 7.52. The molecule has 1 saturated heterocycles. The highest BCUT2D eigenvalue weighted by Crippen LogP contribution is 2.26. The minimum atomic E-state index is 0.412. The van der Waals surface area contributed by atoms with Crippen molar-refractivity contribution in [1.29, 1.82) is 0 Å². The van der Waals surface area contributed by atoms with Gasteiger partial charge in [0.1, 0.15) is 5.82 Å². The van der Waals surface area contributed by atoms with Crippen LogP contribution in [0.25, 0.3) is 11.0 Å². The molecule has 0 amide bonds. The standard InChI is InChI=1S/C16H22ClN3/c1-11(2)20-15-9-13(17)4-5-14(15)19-16(20)6-3-12-7-8-18-10-12/h4-5,9,11-12,18H,3,6-8,10H2,1-2H3. The summed E-state index contributed by atoms with van der Waals surface area (Å²) in [7, 11) is 0. The Kier molecular flexibility index (Phi) is 3.99. The van der Waals surface area contributed by atoms with Crippen LogP contribution in [0.15, 0.2) is 18.2 Å². The zero-order valence-electron chi connectivity index (χ0n) is 12.2. The van der Waals surface area contributed by atoms with Crippen LogP contribution in [0.4, 0.5) is 0 Å². The van der Waals surface area contributed by atoms with Gasteiger partial charge in [-0.2, -0.15) is 0 Å². The van der Waals surface area contributed by atoms with Crippen LogP contribution in [-0.2, 0) is 6.42 Å². The number of aryl methyl sites for hydroxylation is 1. The normalized spacial score (nSPS) is 19.3. The van der Waals surface area contributed by atoms with Gasteiger partial charge in [-0.05, 0) is 63.9 Å². The van der Waals surface area contributed by atoms with E-state index in [4.69, 9.17) is 16.6 Å². The van der Waals surface area contributed by atoms with Crippen LogP contribution >= 0.6 is 11.6 Å². The predicted octanol–water partition coefficient (Wildman–Crippen LogP) is 3.81. The molecule has 1 N–H and O–H groups in total. The molecular formula is C16H22ClN3. The number of nitrogens with zero attached hydrogens (tertiary/aromatic N) is 2. The quantitative estimate of drug-likeness (QED) is 0.928. The number of fused-ring (bicyclic) bond motifs is 1. The highest BCUT2D eigenvalue weighted by atomic mass is 35.5. The van der Waals surface area contributed by atoms with Gasteiger partial charge in [-0.1, -0.05) is 11.6 Å². The second-order valence-corrected chi connectivity index (χ2v) is 6.46. The molecule has 1 unspecified atom stereocenters. The second kappa shape index (κ2) is 5.74. The molecule has 1 aliphatic rings. The second-order valence-electron chi connectivity index (χ2n) is 6.02. The zero-order chi connectivity index (χ0) is 14.1. The molecule has 3 nitrogen and oxygen atoms in total. The van der Waals surface area contributed by atoms with Crippen molar-refractivity contribution < 1.29 is 0 Å². The van der Waals surface area contributed by atoms with Crippen LogP contribution in [0.5, 0.6) is 0 Å². The lowest BCUT2D eigenvalue weighted by Gasteiger charge is -2.14. The summed E-state index contributed by atoms with van der Waals surface area (Å²) in [5.74, 6) is 2.00. The van der Waals surface area contributed by atoms with Crippen molar-refractivity contribution in [2.24, 2.45) is 5.92 Å². The molecule has 1 aromatic carbocycles. The lowest BCUT2D eigenvalue weighted by Crippen LogP contribution is -2.12. The third kappa shape index (κ3) is 2.70. The molecule has 2 heterocycles. The Labute approximate surface area is 125 Å². The van der Waals surface area contributed by atoms with Crippen LogP contribution in [-0.4, -0.2) is 22.6 Å². The number of aromatic nitrogens is 2. The number of hydrogen-bond donors (Lipinski definition) is 1. The molecule has 0 bridgehead atoms. The number of rotatable bonds is 4. The lowest BCUT2D eigenvalue weighted by atomic mass is 10.0. The molecule has 3 rings (SSSR count). The van der Waals surface area contributed by atoms with Crippen LogP contribution in [0, 0.1) is 5.92 Å². The summed E-state index contributed by atoms with van der Waals surface area (Å²) in [6, 6.07) is 6.39. The van der Waals surface area contributed by atoms with E-state index in [0.717, 1.165) is 34.9 Å². The van der Waals surface area contributed by atoms with Gasteiger partial charge in [0.2, 0.25) is 0 Å². The molecule has 0 spiro atoms. The van der Waals surface area contributed by atoms with Crippen molar-refractivity contribution in [3.63, 3.8) is 0 Å². The summed E-state index contributed by atoms with van der Waals surface area (Å²) in [5, 5.41) is 4.22. The van der Waals surface area contributed by atoms with E-state index < -0.39 is 0 Å². The minimum Gasteiger partial charge on any atom is -0.325 e. The first kappa shape index (κ1) is 13.9. The van der Waals surface area contributed by atoms with Crippen molar-refractivity contribution in [1.82, 2.24) is 14.9 Å². The first-order valence-corrected chi connectivity index (χ1v) is 7.90. The molecule has 4 heteroatoms. The summed E-state index contributed by atoms with van der Waals surface area (Å²) in [6.07, 6.45) is 3.57. The zero-order valence-corrected chi connectivity index (χ0v) is 13.0. The molecule has 1 aromatic heterocycles. The van der Waals surface area contributed by atoms with Crippen molar-refractivity contribution >= 4 is 22.6 Å². The fourth-order valence-corrected chi connectivity index (χ4v) is 3.33. The van der Waals surface area contributed by atoms with Gasteiger partial charge in [0.15, 0.2) is 0 Å². The van der Waals surface area contributed by atoms with Crippen LogP contribution in [0.1, 0.15) is 38.6 Å². The van der Waals surface area contributed by atoms with Crippen molar-refractivity contribution in [3.8, 4) is 0 Å². The summed E-state index contributed by atoms with van der Waals surface area (Å²) in [5.41, 5.74) is 2.22. The molecule has 1 atom stereocenters. The van der Waals surface area contributed by atoms with Gasteiger partial charge in [0, 0.05) is 17.5 Å². The van der Waals surface area contributed by atoms with E-state index in [2.05, 4.69) is 23.7 Å². The molecule has 2 aromatic rings. The van der Waals surface area contributed by atoms with Gasteiger partial charge in [-0.15, -0.1) is 0 Å². The molecule has 1 fully saturated rings. The van der Waals surface area contributed by atoms with Gasteiger partial charge in [0.05, 0.1) is 11.0 Å². The number of imidazole rings is 1. The third-order valence-electron chi connectivity index (χ3n) is 4.18. The first-order chi connectivity index (χ1) is 9.65.